The predicted octanol–water partition coefficient (Wildman–Crippen LogP) is 2.72. The largest absolute Gasteiger partial charge is 0.396 e. The number of aliphatic hydroxyl groups excluding tert-OH is 1. The molecule has 1 unspecified atom stereocenters. The molecule has 0 radical (unpaired) electrons. The van der Waals surface area contributed by atoms with Gasteiger partial charge in [-0.1, -0.05) is 18.5 Å². The molecular formula is C16H20ClN3O2. The van der Waals surface area contributed by atoms with Crippen LogP contribution < -0.4 is 5.32 Å². The molecule has 2 N–H and O–H groups in total. The number of hydrogen-bond donors (Lipinski definition) is 2. The fourth-order valence-corrected chi connectivity index (χ4v) is 2.33. The Balaban J connectivity index is 2.18. The lowest BCUT2D eigenvalue weighted by molar-refractivity contribution is 0.0928. The third-order valence-corrected chi connectivity index (χ3v) is 3.79. The van der Waals surface area contributed by atoms with Crippen LogP contribution in [0.5, 0.6) is 0 Å². The van der Waals surface area contributed by atoms with Crippen molar-refractivity contribution in [3.05, 3.63) is 46.7 Å². The van der Waals surface area contributed by atoms with Gasteiger partial charge in [-0.3, -0.25) is 4.79 Å². The summed E-state index contributed by atoms with van der Waals surface area (Å²) in [6.45, 7) is 3.83. The first kappa shape index (κ1) is 16.5. The summed E-state index contributed by atoms with van der Waals surface area (Å²) in [5.41, 5.74) is 2.03. The molecule has 0 aliphatic rings. The summed E-state index contributed by atoms with van der Waals surface area (Å²) < 4.78 is 1.66. The topological polar surface area (TPSA) is 67.2 Å². The van der Waals surface area contributed by atoms with Gasteiger partial charge in [0.1, 0.15) is 0 Å². The number of nitrogens with zero attached hydrogens (tertiary/aromatic N) is 2. The average molecular weight is 322 g/mol. The Morgan fingerprint density at radius 1 is 1.41 bits per heavy atom. The number of benzene rings is 1. The van der Waals surface area contributed by atoms with E-state index in [1.807, 2.05) is 19.1 Å². The molecule has 1 heterocycles. The highest BCUT2D eigenvalue weighted by atomic mass is 35.5. The first-order valence-corrected chi connectivity index (χ1v) is 7.67. The van der Waals surface area contributed by atoms with Crippen LogP contribution in [-0.4, -0.2) is 33.4 Å². The highest BCUT2D eigenvalue weighted by Crippen LogP contribution is 2.15. The van der Waals surface area contributed by atoms with Crippen LogP contribution in [0.1, 0.15) is 35.8 Å². The maximum Gasteiger partial charge on any atom is 0.254 e. The number of halogens is 1. The Morgan fingerprint density at radius 3 is 2.68 bits per heavy atom. The minimum absolute atomic E-state index is 0.0317. The molecule has 22 heavy (non-hydrogen) atoms. The number of amides is 1. The molecule has 0 saturated carbocycles. The van der Waals surface area contributed by atoms with Crippen LogP contribution in [0.15, 0.2) is 30.5 Å². The smallest absolute Gasteiger partial charge is 0.254 e. The second kappa shape index (κ2) is 7.42. The zero-order valence-corrected chi connectivity index (χ0v) is 13.5. The van der Waals surface area contributed by atoms with Crippen LogP contribution >= 0.6 is 11.6 Å². The van der Waals surface area contributed by atoms with Crippen molar-refractivity contribution in [2.24, 2.45) is 0 Å². The first-order chi connectivity index (χ1) is 10.5. The van der Waals surface area contributed by atoms with Gasteiger partial charge in [0.25, 0.3) is 5.91 Å². The number of nitrogens with one attached hydrogen (secondary N) is 1. The zero-order chi connectivity index (χ0) is 16.1. The number of carbonyl (C=O) groups is 1. The molecule has 0 saturated heterocycles. The summed E-state index contributed by atoms with van der Waals surface area (Å²) in [5.74, 6) is -0.169. The highest BCUT2D eigenvalue weighted by molar-refractivity contribution is 6.30. The molecule has 1 aromatic carbocycles. The van der Waals surface area contributed by atoms with Crippen LogP contribution in [0.2, 0.25) is 5.02 Å². The SMILES string of the molecule is CCC(CCO)NC(=O)c1cn(-c2ccc(Cl)cc2)nc1C. The lowest BCUT2D eigenvalue weighted by Gasteiger charge is -2.15. The maximum atomic E-state index is 12.3. The quantitative estimate of drug-likeness (QED) is 0.859. The van der Waals surface area contributed by atoms with Crippen molar-refractivity contribution in [2.45, 2.75) is 32.7 Å². The molecule has 118 valence electrons. The molecule has 1 atom stereocenters. The van der Waals surface area contributed by atoms with E-state index >= 15 is 0 Å². The van der Waals surface area contributed by atoms with Gasteiger partial charge in [-0.05, 0) is 44.0 Å². The fraction of sp³-hybridized carbons (Fsp3) is 0.375. The van der Waals surface area contributed by atoms with Crippen LogP contribution in [0, 0.1) is 6.92 Å². The number of hydrogen-bond acceptors (Lipinski definition) is 3. The van der Waals surface area contributed by atoms with Crippen molar-refractivity contribution in [2.75, 3.05) is 6.61 Å². The van der Waals surface area contributed by atoms with Gasteiger partial charge in [0.15, 0.2) is 0 Å². The van der Waals surface area contributed by atoms with E-state index in [1.54, 1.807) is 29.9 Å². The number of rotatable bonds is 6. The summed E-state index contributed by atoms with van der Waals surface area (Å²) in [6, 6.07) is 7.22. The number of aromatic nitrogens is 2. The van der Waals surface area contributed by atoms with E-state index in [1.165, 1.54) is 0 Å². The van der Waals surface area contributed by atoms with Gasteiger partial charge >= 0.3 is 0 Å². The van der Waals surface area contributed by atoms with Crippen molar-refractivity contribution in [3.63, 3.8) is 0 Å². The van der Waals surface area contributed by atoms with Gasteiger partial charge in [-0.15, -0.1) is 0 Å². The Kier molecular flexibility index (Phi) is 5.57. The van der Waals surface area contributed by atoms with E-state index < -0.39 is 0 Å². The molecule has 0 aliphatic carbocycles. The number of aliphatic hydroxyl groups is 1. The minimum atomic E-state index is -0.169. The van der Waals surface area contributed by atoms with Crippen molar-refractivity contribution in [1.29, 1.82) is 0 Å². The molecule has 5 nitrogen and oxygen atoms in total. The Bertz CT molecular complexity index is 637. The van der Waals surface area contributed by atoms with E-state index in [9.17, 15) is 4.79 Å². The molecule has 2 aromatic rings. The van der Waals surface area contributed by atoms with Gasteiger partial charge < -0.3 is 10.4 Å². The molecule has 0 bridgehead atoms. The van der Waals surface area contributed by atoms with Gasteiger partial charge in [-0.2, -0.15) is 5.10 Å². The third-order valence-electron chi connectivity index (χ3n) is 3.54. The Morgan fingerprint density at radius 2 is 2.09 bits per heavy atom. The monoisotopic (exact) mass is 321 g/mol. The van der Waals surface area contributed by atoms with Gasteiger partial charge in [0.05, 0.1) is 16.9 Å². The summed E-state index contributed by atoms with van der Waals surface area (Å²) in [5, 5.41) is 17.0. The molecule has 0 aliphatic heterocycles. The lowest BCUT2D eigenvalue weighted by Crippen LogP contribution is -2.35. The molecule has 1 aromatic heterocycles. The summed E-state index contributed by atoms with van der Waals surface area (Å²) in [7, 11) is 0. The normalized spacial score (nSPS) is 12.2. The molecule has 0 spiro atoms. The summed E-state index contributed by atoms with van der Waals surface area (Å²) in [6.07, 6.45) is 3.03. The predicted molar refractivity (Wildman–Crippen MR) is 86.6 cm³/mol. The van der Waals surface area contributed by atoms with E-state index in [0.717, 1.165) is 12.1 Å². The van der Waals surface area contributed by atoms with Gasteiger partial charge in [0.2, 0.25) is 0 Å². The van der Waals surface area contributed by atoms with E-state index in [0.29, 0.717) is 22.7 Å². The molecule has 1 amide bonds. The lowest BCUT2D eigenvalue weighted by atomic mass is 10.1. The van der Waals surface area contributed by atoms with Crippen molar-refractivity contribution in [1.82, 2.24) is 15.1 Å². The average Bonchev–Trinajstić information content (AvgIpc) is 2.89. The Labute approximate surface area is 134 Å². The van der Waals surface area contributed by atoms with Crippen LogP contribution in [-0.2, 0) is 0 Å². The highest BCUT2D eigenvalue weighted by Gasteiger charge is 2.17. The van der Waals surface area contributed by atoms with E-state index in [4.69, 9.17) is 16.7 Å². The third kappa shape index (κ3) is 3.87. The maximum absolute atomic E-state index is 12.3. The fourth-order valence-electron chi connectivity index (χ4n) is 2.21. The Hall–Kier alpha value is -1.85. The second-order valence-corrected chi connectivity index (χ2v) is 5.58. The number of carbonyl (C=O) groups excluding carboxylic acids is 1. The molecule has 6 heteroatoms. The van der Waals surface area contributed by atoms with Crippen molar-refractivity contribution in [3.8, 4) is 5.69 Å². The first-order valence-electron chi connectivity index (χ1n) is 7.29. The number of aryl methyl sites for hydroxylation is 1. The van der Waals surface area contributed by atoms with Crippen molar-refractivity contribution < 1.29 is 9.90 Å². The minimum Gasteiger partial charge on any atom is -0.396 e. The van der Waals surface area contributed by atoms with E-state index in [-0.39, 0.29) is 18.6 Å². The summed E-state index contributed by atoms with van der Waals surface area (Å²) >= 11 is 5.87. The zero-order valence-electron chi connectivity index (χ0n) is 12.7. The molecular weight excluding hydrogens is 302 g/mol. The summed E-state index contributed by atoms with van der Waals surface area (Å²) in [4.78, 5) is 12.3. The van der Waals surface area contributed by atoms with Gasteiger partial charge in [0, 0.05) is 23.9 Å². The molecule has 2 rings (SSSR count). The van der Waals surface area contributed by atoms with Crippen LogP contribution in [0.25, 0.3) is 5.69 Å². The van der Waals surface area contributed by atoms with E-state index in [2.05, 4.69) is 10.4 Å². The van der Waals surface area contributed by atoms with Crippen LogP contribution in [0.3, 0.4) is 0 Å². The molecule has 0 fully saturated rings. The standard InChI is InChI=1S/C16H20ClN3O2/c1-3-13(8-9-21)18-16(22)15-10-20(19-11(15)2)14-6-4-12(17)5-7-14/h4-7,10,13,21H,3,8-9H2,1-2H3,(H,18,22). The van der Waals surface area contributed by atoms with Crippen LogP contribution in [0.4, 0.5) is 0 Å². The van der Waals surface area contributed by atoms with Gasteiger partial charge in [-0.25, -0.2) is 4.68 Å². The second-order valence-electron chi connectivity index (χ2n) is 5.14. The van der Waals surface area contributed by atoms with Crippen molar-refractivity contribution >= 4 is 17.5 Å².